The number of ether oxygens (including phenoxy) is 1. The van der Waals surface area contributed by atoms with E-state index in [-0.39, 0.29) is 17.7 Å². The first-order chi connectivity index (χ1) is 10.1. The van der Waals surface area contributed by atoms with Gasteiger partial charge in [0, 0.05) is 12.6 Å². The van der Waals surface area contributed by atoms with Crippen LogP contribution in [0.3, 0.4) is 0 Å². The number of hydroxylamine groups is 2. The smallest absolute Gasteiger partial charge is 0.375 e. The number of benzene rings is 1. The van der Waals surface area contributed by atoms with Gasteiger partial charge in [-0.05, 0) is 12.5 Å². The molecule has 0 spiro atoms. The van der Waals surface area contributed by atoms with E-state index in [4.69, 9.17) is 9.57 Å². The van der Waals surface area contributed by atoms with E-state index >= 15 is 0 Å². The van der Waals surface area contributed by atoms with E-state index < -0.39 is 11.5 Å². The number of methoxy groups -OCH3 is 1. The molecule has 0 saturated carbocycles. The Morgan fingerprint density at radius 2 is 2.14 bits per heavy atom. The minimum Gasteiger partial charge on any atom is -0.463 e. The number of amides is 1. The van der Waals surface area contributed by atoms with Crippen LogP contribution in [0.2, 0.25) is 0 Å². The zero-order chi connectivity index (χ0) is 15.0. The zero-order valence-electron chi connectivity index (χ0n) is 11.8. The first-order valence-corrected chi connectivity index (χ1v) is 6.72. The Morgan fingerprint density at radius 3 is 2.81 bits per heavy atom. The van der Waals surface area contributed by atoms with E-state index in [1.165, 1.54) is 13.2 Å². The standard InChI is InChI=1S/C15H16N2O4/c1-10-9-16-14(19)15(11-6-4-3-5-7-11)8-12(13(18)20-2)21-17(10)15/h3-8,10H,9H2,1-2H3,(H,16,19). The molecule has 6 heteroatoms. The lowest BCUT2D eigenvalue weighted by Crippen LogP contribution is -2.63. The molecule has 2 heterocycles. The van der Waals surface area contributed by atoms with Crippen LogP contribution >= 0.6 is 0 Å². The van der Waals surface area contributed by atoms with E-state index in [0.717, 1.165) is 5.56 Å². The summed E-state index contributed by atoms with van der Waals surface area (Å²) in [6.45, 7) is 2.38. The van der Waals surface area contributed by atoms with Crippen LogP contribution in [0.1, 0.15) is 12.5 Å². The van der Waals surface area contributed by atoms with E-state index in [1.807, 2.05) is 37.3 Å². The maximum Gasteiger partial charge on any atom is 0.375 e. The average molecular weight is 288 g/mol. The van der Waals surface area contributed by atoms with E-state index in [1.54, 1.807) is 5.06 Å². The van der Waals surface area contributed by atoms with E-state index in [9.17, 15) is 9.59 Å². The number of hydrogen-bond donors (Lipinski definition) is 1. The molecule has 2 unspecified atom stereocenters. The van der Waals surface area contributed by atoms with Gasteiger partial charge in [-0.2, -0.15) is 0 Å². The fraction of sp³-hybridized carbons (Fsp3) is 0.333. The molecule has 21 heavy (non-hydrogen) atoms. The summed E-state index contributed by atoms with van der Waals surface area (Å²) in [6.07, 6.45) is 1.53. The van der Waals surface area contributed by atoms with Crippen LogP contribution < -0.4 is 5.32 Å². The van der Waals surface area contributed by atoms with Gasteiger partial charge in [0.15, 0.2) is 5.54 Å². The molecule has 1 amide bonds. The number of piperazine rings is 1. The monoisotopic (exact) mass is 288 g/mol. The van der Waals surface area contributed by atoms with Crippen LogP contribution in [0.4, 0.5) is 0 Å². The normalized spacial score (nSPS) is 28.2. The summed E-state index contributed by atoms with van der Waals surface area (Å²) in [5.41, 5.74) is -0.393. The number of esters is 1. The molecule has 0 aromatic heterocycles. The molecule has 3 rings (SSSR count). The van der Waals surface area contributed by atoms with Crippen molar-refractivity contribution in [2.24, 2.45) is 0 Å². The van der Waals surface area contributed by atoms with Crippen LogP contribution in [0.25, 0.3) is 0 Å². The van der Waals surface area contributed by atoms with Crippen LogP contribution in [0.15, 0.2) is 42.2 Å². The maximum absolute atomic E-state index is 12.6. The summed E-state index contributed by atoms with van der Waals surface area (Å²) in [5.74, 6) is -0.782. The average Bonchev–Trinajstić information content (AvgIpc) is 2.94. The Morgan fingerprint density at radius 1 is 1.43 bits per heavy atom. The molecule has 1 N–H and O–H groups in total. The summed E-state index contributed by atoms with van der Waals surface area (Å²) in [7, 11) is 1.28. The van der Waals surface area contributed by atoms with Crippen LogP contribution in [-0.4, -0.2) is 36.6 Å². The van der Waals surface area contributed by atoms with Crippen LogP contribution in [-0.2, 0) is 24.7 Å². The second-order valence-corrected chi connectivity index (χ2v) is 5.11. The van der Waals surface area contributed by atoms with E-state index in [0.29, 0.717) is 6.54 Å². The van der Waals surface area contributed by atoms with Crippen molar-refractivity contribution in [3.05, 3.63) is 47.7 Å². The Labute approximate surface area is 122 Å². The molecule has 2 atom stereocenters. The molecule has 0 bridgehead atoms. The Kier molecular flexibility index (Phi) is 3.17. The highest BCUT2D eigenvalue weighted by Gasteiger charge is 2.56. The molecular formula is C15H16N2O4. The highest BCUT2D eigenvalue weighted by molar-refractivity contribution is 5.95. The van der Waals surface area contributed by atoms with Gasteiger partial charge in [0.2, 0.25) is 5.76 Å². The van der Waals surface area contributed by atoms with Crippen molar-refractivity contribution in [3.63, 3.8) is 0 Å². The van der Waals surface area contributed by atoms with Crippen molar-refractivity contribution in [2.45, 2.75) is 18.5 Å². The third kappa shape index (κ3) is 1.91. The molecule has 1 aromatic carbocycles. The minimum absolute atomic E-state index is 0.0326. The van der Waals surface area contributed by atoms with Gasteiger partial charge in [-0.3, -0.25) is 4.79 Å². The van der Waals surface area contributed by atoms with Gasteiger partial charge in [0.1, 0.15) is 0 Å². The number of hydrogen-bond acceptors (Lipinski definition) is 5. The fourth-order valence-electron chi connectivity index (χ4n) is 2.75. The number of carbonyl (C=O) groups is 2. The molecule has 1 saturated heterocycles. The first kappa shape index (κ1) is 13.6. The van der Waals surface area contributed by atoms with Crippen molar-refractivity contribution in [2.75, 3.05) is 13.7 Å². The Bertz CT molecular complexity index is 613. The minimum atomic E-state index is -1.14. The molecule has 1 fully saturated rings. The molecule has 2 aliphatic rings. The Balaban J connectivity index is 2.15. The maximum atomic E-state index is 12.6. The number of rotatable bonds is 2. The SMILES string of the molecule is COC(=O)C1=CC2(c3ccccc3)C(=O)NCC(C)N2O1. The van der Waals surface area contributed by atoms with Crippen molar-refractivity contribution in [1.82, 2.24) is 10.4 Å². The highest BCUT2D eigenvalue weighted by atomic mass is 16.7. The molecule has 0 radical (unpaired) electrons. The zero-order valence-corrected chi connectivity index (χ0v) is 11.8. The topological polar surface area (TPSA) is 67.9 Å². The molecule has 110 valence electrons. The molecular weight excluding hydrogens is 272 g/mol. The van der Waals surface area contributed by atoms with Gasteiger partial charge in [-0.1, -0.05) is 30.3 Å². The van der Waals surface area contributed by atoms with Gasteiger partial charge in [-0.15, -0.1) is 5.06 Å². The summed E-state index contributed by atoms with van der Waals surface area (Å²) in [4.78, 5) is 30.0. The van der Waals surface area contributed by atoms with Crippen molar-refractivity contribution < 1.29 is 19.2 Å². The number of fused-ring (bicyclic) bond motifs is 1. The fourth-order valence-corrected chi connectivity index (χ4v) is 2.75. The van der Waals surface area contributed by atoms with Crippen LogP contribution in [0, 0.1) is 0 Å². The lowest BCUT2D eigenvalue weighted by molar-refractivity contribution is -0.204. The van der Waals surface area contributed by atoms with Gasteiger partial charge in [-0.25, -0.2) is 4.79 Å². The predicted molar refractivity (Wildman–Crippen MR) is 73.6 cm³/mol. The first-order valence-electron chi connectivity index (χ1n) is 6.72. The molecule has 0 aliphatic carbocycles. The van der Waals surface area contributed by atoms with Gasteiger partial charge >= 0.3 is 5.97 Å². The van der Waals surface area contributed by atoms with Gasteiger partial charge < -0.3 is 14.9 Å². The van der Waals surface area contributed by atoms with Gasteiger partial charge in [0.05, 0.1) is 13.2 Å². The summed E-state index contributed by atoms with van der Waals surface area (Å²) in [5, 5.41) is 4.43. The molecule has 1 aromatic rings. The predicted octanol–water partition coefficient (Wildman–Crippen LogP) is 0.704. The lowest BCUT2D eigenvalue weighted by Gasteiger charge is -2.42. The van der Waals surface area contributed by atoms with Crippen LogP contribution in [0.5, 0.6) is 0 Å². The number of carbonyl (C=O) groups excluding carboxylic acids is 2. The quantitative estimate of drug-likeness (QED) is 0.812. The Hall–Kier alpha value is -2.34. The highest BCUT2D eigenvalue weighted by Crippen LogP contribution is 2.41. The van der Waals surface area contributed by atoms with E-state index in [2.05, 4.69) is 5.32 Å². The largest absolute Gasteiger partial charge is 0.463 e. The molecule has 2 aliphatic heterocycles. The second-order valence-electron chi connectivity index (χ2n) is 5.11. The third-order valence-electron chi connectivity index (χ3n) is 3.79. The van der Waals surface area contributed by atoms with Crippen molar-refractivity contribution >= 4 is 11.9 Å². The van der Waals surface area contributed by atoms with Crippen molar-refractivity contribution in [3.8, 4) is 0 Å². The van der Waals surface area contributed by atoms with Crippen molar-refractivity contribution in [1.29, 1.82) is 0 Å². The lowest BCUT2D eigenvalue weighted by atomic mass is 9.85. The number of nitrogens with one attached hydrogen (secondary N) is 1. The summed E-state index contributed by atoms with van der Waals surface area (Å²) in [6, 6.07) is 9.16. The number of nitrogens with zero attached hydrogens (tertiary/aromatic N) is 1. The second kappa shape index (κ2) is 4.89. The molecule has 6 nitrogen and oxygen atoms in total. The summed E-state index contributed by atoms with van der Waals surface area (Å²) < 4.78 is 4.70. The van der Waals surface area contributed by atoms with Gasteiger partial charge in [0.25, 0.3) is 5.91 Å². The summed E-state index contributed by atoms with van der Waals surface area (Å²) >= 11 is 0. The third-order valence-corrected chi connectivity index (χ3v) is 3.79.